The summed E-state index contributed by atoms with van der Waals surface area (Å²) in [6.45, 7) is 8.51. The fourth-order valence-electron chi connectivity index (χ4n) is 3.69. The molecule has 0 fully saturated rings. The molecule has 0 saturated heterocycles. The third-order valence-corrected chi connectivity index (χ3v) is 5.28. The predicted octanol–water partition coefficient (Wildman–Crippen LogP) is 5.46. The minimum absolute atomic E-state index is 0.480. The molecule has 0 saturated carbocycles. The maximum atomic E-state index is 5.45. The van der Waals surface area contributed by atoms with Gasteiger partial charge in [0.2, 0.25) is 0 Å². The third-order valence-electron chi connectivity index (χ3n) is 5.28. The summed E-state index contributed by atoms with van der Waals surface area (Å²) in [6, 6.07) is 6.18. The molecule has 0 amide bonds. The van der Waals surface area contributed by atoms with Crippen LogP contribution in [-0.4, -0.2) is 28.1 Å². The highest BCUT2D eigenvalue weighted by Gasteiger charge is 2.19. The molecule has 0 N–H and O–H groups in total. The van der Waals surface area contributed by atoms with E-state index in [0.717, 1.165) is 49.3 Å². The van der Waals surface area contributed by atoms with Crippen LogP contribution in [0.2, 0.25) is 0 Å². The van der Waals surface area contributed by atoms with Gasteiger partial charge in [0.05, 0.1) is 24.8 Å². The highest BCUT2D eigenvalue weighted by Crippen LogP contribution is 2.29. The van der Waals surface area contributed by atoms with E-state index in [4.69, 9.17) is 9.72 Å². The fourth-order valence-corrected chi connectivity index (χ4v) is 3.69. The average molecular weight is 354 g/mol. The van der Waals surface area contributed by atoms with Crippen LogP contribution in [0.5, 0.6) is 5.75 Å². The van der Waals surface area contributed by atoms with Gasteiger partial charge in [0.25, 0.3) is 0 Å². The lowest BCUT2D eigenvalue weighted by Gasteiger charge is -2.26. The number of hydrogen-bond acceptors (Lipinski definition) is 3. The zero-order valence-electron chi connectivity index (χ0n) is 16.5. The van der Waals surface area contributed by atoms with E-state index in [0.29, 0.717) is 5.92 Å². The minimum atomic E-state index is 0.480. The van der Waals surface area contributed by atoms with Crippen molar-refractivity contribution < 1.29 is 4.74 Å². The molecule has 1 aliphatic rings. The van der Waals surface area contributed by atoms with Crippen LogP contribution in [0.4, 0.5) is 0 Å². The number of hydrogen-bond donors (Lipinski definition) is 0. The number of aromatic nitrogens is 2. The molecule has 0 radical (unpaired) electrons. The van der Waals surface area contributed by atoms with Crippen molar-refractivity contribution in [3.63, 3.8) is 0 Å². The molecule has 1 aromatic carbocycles. The maximum Gasteiger partial charge on any atom is 0.121 e. The van der Waals surface area contributed by atoms with E-state index in [9.17, 15) is 0 Å². The van der Waals surface area contributed by atoms with Crippen molar-refractivity contribution in [1.82, 2.24) is 14.5 Å². The number of methoxy groups -OCH3 is 1. The van der Waals surface area contributed by atoms with E-state index in [1.54, 1.807) is 7.11 Å². The van der Waals surface area contributed by atoms with Crippen molar-refractivity contribution in [2.75, 3.05) is 13.7 Å². The summed E-state index contributed by atoms with van der Waals surface area (Å²) in [5.41, 5.74) is 3.65. The van der Waals surface area contributed by atoms with Gasteiger partial charge >= 0.3 is 0 Å². The molecule has 26 heavy (non-hydrogen) atoms. The van der Waals surface area contributed by atoms with Crippen LogP contribution >= 0.6 is 0 Å². The SMILES string of the molecule is CCCC1=CCN(Cn2c(C(CC)CC)nc3ccc(OC)cc32)C=C1. The van der Waals surface area contributed by atoms with Crippen LogP contribution in [0.15, 0.2) is 42.1 Å². The lowest BCUT2D eigenvalue weighted by atomic mass is 10.0. The van der Waals surface area contributed by atoms with Gasteiger partial charge in [-0.25, -0.2) is 4.98 Å². The highest BCUT2D eigenvalue weighted by atomic mass is 16.5. The topological polar surface area (TPSA) is 30.3 Å². The summed E-state index contributed by atoms with van der Waals surface area (Å²) in [5, 5.41) is 0. The van der Waals surface area contributed by atoms with Crippen LogP contribution in [0.3, 0.4) is 0 Å². The Kier molecular flexibility index (Phi) is 6.02. The van der Waals surface area contributed by atoms with Gasteiger partial charge in [0, 0.05) is 24.7 Å². The Bertz CT molecular complexity index is 799. The van der Waals surface area contributed by atoms with Gasteiger partial charge in [-0.2, -0.15) is 0 Å². The minimum Gasteiger partial charge on any atom is -0.497 e. The van der Waals surface area contributed by atoms with Crippen LogP contribution in [0.25, 0.3) is 11.0 Å². The summed E-state index contributed by atoms with van der Waals surface area (Å²) in [4.78, 5) is 7.33. The Balaban J connectivity index is 1.94. The Hall–Kier alpha value is -2.23. The van der Waals surface area contributed by atoms with Crippen molar-refractivity contribution in [3.8, 4) is 5.75 Å². The number of fused-ring (bicyclic) bond motifs is 1. The first kappa shape index (κ1) is 18.6. The molecule has 0 unspecified atom stereocenters. The van der Waals surface area contributed by atoms with Crippen molar-refractivity contribution in [3.05, 3.63) is 47.9 Å². The van der Waals surface area contributed by atoms with Gasteiger partial charge in [-0.15, -0.1) is 0 Å². The normalized spacial score (nSPS) is 14.3. The first-order chi connectivity index (χ1) is 12.7. The quantitative estimate of drug-likeness (QED) is 0.631. The van der Waals surface area contributed by atoms with Crippen molar-refractivity contribution in [2.45, 2.75) is 59.0 Å². The zero-order chi connectivity index (χ0) is 18.5. The number of allylic oxidation sites excluding steroid dienone is 2. The molecule has 3 rings (SSSR count). The molecule has 2 heterocycles. The first-order valence-electron chi connectivity index (χ1n) is 9.85. The molecule has 1 aliphatic heterocycles. The Labute approximate surface area is 157 Å². The Morgan fingerprint density at radius 2 is 2.00 bits per heavy atom. The molecule has 0 aliphatic carbocycles. The van der Waals surface area contributed by atoms with Crippen LogP contribution in [0.1, 0.15) is 58.2 Å². The fraction of sp³-hybridized carbons (Fsp3) is 0.500. The summed E-state index contributed by atoms with van der Waals surface area (Å²) in [7, 11) is 1.72. The maximum absolute atomic E-state index is 5.45. The molecular weight excluding hydrogens is 322 g/mol. The molecule has 0 atom stereocenters. The number of nitrogens with zero attached hydrogens (tertiary/aromatic N) is 3. The summed E-state index contributed by atoms with van der Waals surface area (Å²) in [6.07, 6.45) is 11.4. The van der Waals surface area contributed by atoms with E-state index >= 15 is 0 Å². The monoisotopic (exact) mass is 353 g/mol. The molecular formula is C22H31N3O. The first-order valence-corrected chi connectivity index (χ1v) is 9.85. The molecule has 0 bridgehead atoms. The predicted molar refractivity (Wildman–Crippen MR) is 108 cm³/mol. The van der Waals surface area contributed by atoms with Crippen LogP contribution in [0, 0.1) is 0 Å². The lowest BCUT2D eigenvalue weighted by molar-refractivity contribution is 0.323. The summed E-state index contributed by atoms with van der Waals surface area (Å²) < 4.78 is 7.83. The number of ether oxygens (including phenoxy) is 1. The van der Waals surface area contributed by atoms with E-state index in [1.807, 2.05) is 6.07 Å². The average Bonchev–Trinajstić information content (AvgIpc) is 3.02. The third kappa shape index (κ3) is 3.79. The van der Waals surface area contributed by atoms with Crippen molar-refractivity contribution in [2.24, 2.45) is 0 Å². The van der Waals surface area contributed by atoms with Gasteiger partial charge in [-0.05, 0) is 43.0 Å². The second-order valence-electron chi connectivity index (χ2n) is 7.02. The van der Waals surface area contributed by atoms with Crippen molar-refractivity contribution in [1.29, 1.82) is 0 Å². The summed E-state index contributed by atoms with van der Waals surface area (Å²) >= 11 is 0. The number of benzene rings is 1. The van der Waals surface area contributed by atoms with E-state index in [2.05, 4.69) is 60.7 Å². The van der Waals surface area contributed by atoms with E-state index in [-0.39, 0.29) is 0 Å². The molecule has 2 aromatic rings. The molecule has 1 aromatic heterocycles. The number of imidazole rings is 1. The standard InChI is InChI=1S/C22H31N3O/c1-5-8-17-11-13-24(14-12-17)16-25-21-15-19(26-4)9-10-20(21)23-22(25)18(6-2)7-3/h9-13,15,18H,5-8,14,16H2,1-4H3. The van der Waals surface area contributed by atoms with Gasteiger partial charge in [0.15, 0.2) is 0 Å². The van der Waals surface area contributed by atoms with Crippen LogP contribution in [-0.2, 0) is 6.67 Å². The lowest BCUT2D eigenvalue weighted by Crippen LogP contribution is -2.25. The highest BCUT2D eigenvalue weighted by molar-refractivity contribution is 5.78. The summed E-state index contributed by atoms with van der Waals surface area (Å²) in [5.74, 6) is 2.55. The van der Waals surface area contributed by atoms with Gasteiger partial charge in [-0.3, -0.25) is 0 Å². The molecule has 4 heteroatoms. The molecule has 0 spiro atoms. The number of rotatable bonds is 8. The molecule has 4 nitrogen and oxygen atoms in total. The van der Waals surface area contributed by atoms with Gasteiger partial charge in [0.1, 0.15) is 11.6 Å². The second-order valence-corrected chi connectivity index (χ2v) is 7.02. The van der Waals surface area contributed by atoms with Gasteiger partial charge < -0.3 is 14.2 Å². The zero-order valence-corrected chi connectivity index (χ0v) is 16.5. The van der Waals surface area contributed by atoms with E-state index in [1.165, 1.54) is 17.8 Å². The Morgan fingerprint density at radius 3 is 2.62 bits per heavy atom. The Morgan fingerprint density at radius 1 is 1.19 bits per heavy atom. The second kappa shape index (κ2) is 8.43. The van der Waals surface area contributed by atoms with Gasteiger partial charge in [-0.1, -0.05) is 33.3 Å². The smallest absolute Gasteiger partial charge is 0.121 e. The molecule has 140 valence electrons. The van der Waals surface area contributed by atoms with E-state index < -0.39 is 0 Å². The van der Waals surface area contributed by atoms with Crippen LogP contribution < -0.4 is 4.74 Å². The largest absolute Gasteiger partial charge is 0.497 e. The van der Waals surface area contributed by atoms with Crippen molar-refractivity contribution >= 4 is 11.0 Å².